The Balaban J connectivity index is 2.16. The minimum Gasteiger partial charge on any atom is -0.380 e. The highest BCUT2D eigenvalue weighted by molar-refractivity contribution is 5.50. The lowest BCUT2D eigenvalue weighted by Crippen LogP contribution is -2.33. The predicted molar refractivity (Wildman–Crippen MR) is 61.5 cm³/mol. The third-order valence-corrected chi connectivity index (χ3v) is 3.15. The normalized spacial score (nSPS) is 15.6. The third kappa shape index (κ3) is 2.16. The molecular formula is C13H15FN2. The molecule has 2 nitrogen and oxygen atoms in total. The second-order valence-corrected chi connectivity index (χ2v) is 4.93. The van der Waals surface area contributed by atoms with Crippen molar-refractivity contribution in [1.29, 1.82) is 5.26 Å². The summed E-state index contributed by atoms with van der Waals surface area (Å²) in [7, 11) is 0. The van der Waals surface area contributed by atoms with Gasteiger partial charge >= 0.3 is 0 Å². The maximum absolute atomic E-state index is 13.4. The van der Waals surface area contributed by atoms with Crippen molar-refractivity contribution in [3.05, 3.63) is 29.6 Å². The Morgan fingerprint density at radius 3 is 2.62 bits per heavy atom. The van der Waals surface area contributed by atoms with Crippen LogP contribution in [0.1, 0.15) is 32.3 Å². The first-order valence-electron chi connectivity index (χ1n) is 5.51. The number of hydrogen-bond acceptors (Lipinski definition) is 2. The van der Waals surface area contributed by atoms with Crippen LogP contribution < -0.4 is 5.32 Å². The van der Waals surface area contributed by atoms with E-state index in [0.717, 1.165) is 5.69 Å². The molecule has 0 aromatic heterocycles. The molecule has 1 aromatic carbocycles. The average molecular weight is 218 g/mol. The Hall–Kier alpha value is -1.56. The van der Waals surface area contributed by atoms with Gasteiger partial charge in [0.25, 0.3) is 0 Å². The predicted octanol–water partition coefficient (Wildman–Crippen LogP) is 3.30. The molecule has 1 aliphatic carbocycles. The van der Waals surface area contributed by atoms with Crippen LogP contribution in [0.2, 0.25) is 0 Å². The summed E-state index contributed by atoms with van der Waals surface area (Å²) in [5, 5.41) is 12.0. The summed E-state index contributed by atoms with van der Waals surface area (Å²) < 4.78 is 13.4. The zero-order valence-corrected chi connectivity index (χ0v) is 9.55. The number of halogens is 1. The fourth-order valence-corrected chi connectivity index (χ4v) is 1.96. The van der Waals surface area contributed by atoms with E-state index in [2.05, 4.69) is 19.2 Å². The molecule has 1 fully saturated rings. The van der Waals surface area contributed by atoms with Crippen molar-refractivity contribution in [2.45, 2.75) is 32.2 Å². The van der Waals surface area contributed by atoms with Crippen molar-refractivity contribution in [1.82, 2.24) is 0 Å². The smallest absolute Gasteiger partial charge is 0.143 e. The summed E-state index contributed by atoms with van der Waals surface area (Å²) in [5.74, 6) is 0.213. The Morgan fingerprint density at radius 1 is 1.44 bits per heavy atom. The van der Waals surface area contributed by atoms with Crippen LogP contribution in [0.15, 0.2) is 18.2 Å². The second-order valence-electron chi connectivity index (χ2n) is 4.93. The van der Waals surface area contributed by atoms with Gasteiger partial charge in [0.15, 0.2) is 0 Å². The van der Waals surface area contributed by atoms with Gasteiger partial charge in [-0.25, -0.2) is 4.39 Å². The molecule has 0 bridgehead atoms. The minimum atomic E-state index is -0.459. The van der Waals surface area contributed by atoms with E-state index in [0.29, 0.717) is 5.92 Å². The molecule has 16 heavy (non-hydrogen) atoms. The Bertz CT molecular complexity index is 442. The molecule has 1 saturated carbocycles. The van der Waals surface area contributed by atoms with Crippen LogP contribution in [0.25, 0.3) is 0 Å². The van der Waals surface area contributed by atoms with Crippen LogP contribution in [0, 0.1) is 23.1 Å². The maximum atomic E-state index is 13.4. The largest absolute Gasteiger partial charge is 0.380 e. The van der Waals surface area contributed by atoms with Gasteiger partial charge in [0.2, 0.25) is 0 Å². The molecule has 0 radical (unpaired) electrons. The number of hydrogen-bond donors (Lipinski definition) is 1. The van der Waals surface area contributed by atoms with Gasteiger partial charge < -0.3 is 5.32 Å². The highest BCUT2D eigenvalue weighted by Gasteiger charge is 2.37. The molecule has 0 unspecified atom stereocenters. The summed E-state index contributed by atoms with van der Waals surface area (Å²) in [6.07, 6.45) is 2.47. The van der Waals surface area contributed by atoms with E-state index in [1.807, 2.05) is 6.07 Å². The van der Waals surface area contributed by atoms with E-state index in [1.165, 1.54) is 25.0 Å². The average Bonchev–Trinajstić information content (AvgIpc) is 3.00. The Labute approximate surface area is 95.1 Å². The lowest BCUT2D eigenvalue weighted by molar-refractivity contribution is 0.494. The van der Waals surface area contributed by atoms with Crippen LogP contribution in [0.5, 0.6) is 0 Å². The van der Waals surface area contributed by atoms with Gasteiger partial charge in [0.1, 0.15) is 11.9 Å². The van der Waals surface area contributed by atoms with Crippen molar-refractivity contribution >= 4 is 5.69 Å². The molecule has 0 spiro atoms. The third-order valence-electron chi connectivity index (χ3n) is 3.15. The van der Waals surface area contributed by atoms with E-state index in [-0.39, 0.29) is 11.1 Å². The topological polar surface area (TPSA) is 35.8 Å². The van der Waals surface area contributed by atoms with Gasteiger partial charge in [-0.1, -0.05) is 0 Å². The molecule has 3 heteroatoms. The summed E-state index contributed by atoms with van der Waals surface area (Å²) in [5.41, 5.74) is 0.837. The SMILES string of the molecule is CC(C)(Nc1ccc(C#N)c(F)c1)C1CC1. The number of nitrogens with zero attached hydrogens (tertiary/aromatic N) is 1. The first-order chi connectivity index (χ1) is 7.53. The lowest BCUT2D eigenvalue weighted by atomic mass is 9.98. The van der Waals surface area contributed by atoms with Gasteiger partial charge in [0, 0.05) is 11.2 Å². The van der Waals surface area contributed by atoms with Crippen molar-refractivity contribution in [2.75, 3.05) is 5.32 Å². The molecule has 2 rings (SSSR count). The van der Waals surface area contributed by atoms with Gasteiger partial charge in [-0.15, -0.1) is 0 Å². The van der Waals surface area contributed by atoms with E-state index < -0.39 is 5.82 Å². The summed E-state index contributed by atoms with van der Waals surface area (Å²) >= 11 is 0. The molecular weight excluding hydrogens is 203 g/mol. The van der Waals surface area contributed by atoms with Gasteiger partial charge in [-0.05, 0) is 50.8 Å². The molecule has 1 aliphatic rings. The van der Waals surface area contributed by atoms with Crippen LogP contribution in [-0.4, -0.2) is 5.54 Å². The molecule has 1 N–H and O–H groups in total. The number of rotatable bonds is 3. The van der Waals surface area contributed by atoms with Gasteiger partial charge in [-0.3, -0.25) is 0 Å². The Kier molecular flexibility index (Phi) is 2.59. The minimum absolute atomic E-state index is 0.000595. The summed E-state index contributed by atoms with van der Waals surface area (Å²) in [6.45, 7) is 4.25. The quantitative estimate of drug-likeness (QED) is 0.845. The zero-order valence-electron chi connectivity index (χ0n) is 9.55. The zero-order chi connectivity index (χ0) is 11.8. The highest BCUT2D eigenvalue weighted by atomic mass is 19.1. The number of nitriles is 1. The van der Waals surface area contributed by atoms with E-state index in [9.17, 15) is 4.39 Å². The van der Waals surface area contributed by atoms with Gasteiger partial charge in [-0.2, -0.15) is 5.26 Å². The van der Waals surface area contributed by atoms with E-state index >= 15 is 0 Å². The highest BCUT2D eigenvalue weighted by Crippen LogP contribution is 2.41. The fraction of sp³-hybridized carbons (Fsp3) is 0.462. The lowest BCUT2D eigenvalue weighted by Gasteiger charge is -2.27. The number of anilines is 1. The molecule has 0 saturated heterocycles. The monoisotopic (exact) mass is 218 g/mol. The summed E-state index contributed by atoms with van der Waals surface area (Å²) in [6, 6.07) is 6.48. The number of nitrogens with one attached hydrogen (secondary N) is 1. The molecule has 0 atom stereocenters. The first-order valence-corrected chi connectivity index (χ1v) is 5.51. The van der Waals surface area contributed by atoms with Crippen molar-refractivity contribution < 1.29 is 4.39 Å². The van der Waals surface area contributed by atoms with E-state index in [1.54, 1.807) is 6.07 Å². The van der Waals surface area contributed by atoms with Crippen LogP contribution in [0.3, 0.4) is 0 Å². The van der Waals surface area contributed by atoms with Crippen molar-refractivity contribution in [3.8, 4) is 6.07 Å². The standard InChI is InChI=1S/C13H15FN2/c1-13(2,10-4-5-10)16-11-6-3-9(8-15)12(14)7-11/h3,6-7,10,16H,4-5H2,1-2H3. The maximum Gasteiger partial charge on any atom is 0.143 e. The molecule has 0 amide bonds. The van der Waals surface area contributed by atoms with Crippen LogP contribution in [-0.2, 0) is 0 Å². The molecule has 1 aromatic rings. The van der Waals surface area contributed by atoms with Gasteiger partial charge in [0.05, 0.1) is 5.56 Å². The summed E-state index contributed by atoms with van der Waals surface area (Å²) in [4.78, 5) is 0. The molecule has 84 valence electrons. The first kappa shape index (κ1) is 10.9. The fourth-order valence-electron chi connectivity index (χ4n) is 1.96. The van der Waals surface area contributed by atoms with Crippen molar-refractivity contribution in [2.24, 2.45) is 5.92 Å². The van der Waals surface area contributed by atoms with E-state index in [4.69, 9.17) is 5.26 Å². The van der Waals surface area contributed by atoms with Crippen LogP contribution >= 0.6 is 0 Å². The Morgan fingerprint density at radius 2 is 2.12 bits per heavy atom. The molecule has 0 aliphatic heterocycles. The number of benzene rings is 1. The van der Waals surface area contributed by atoms with Crippen molar-refractivity contribution in [3.63, 3.8) is 0 Å². The van der Waals surface area contributed by atoms with Crippen LogP contribution in [0.4, 0.5) is 10.1 Å². The molecule has 0 heterocycles. The second kappa shape index (κ2) is 3.79.